The lowest BCUT2D eigenvalue weighted by Crippen LogP contribution is -2.61. The average molecular weight is 325 g/mol. The molecule has 5 heteroatoms. The number of likely N-dealkylation sites (tertiary alicyclic amines) is 1. The fourth-order valence-electron chi connectivity index (χ4n) is 4.20. The first-order chi connectivity index (χ1) is 11.1. The molecular weight excluding hydrogens is 293 g/mol. The fourth-order valence-corrected chi connectivity index (χ4v) is 4.20. The Balaban J connectivity index is 1.60. The molecule has 1 spiro atoms. The van der Waals surface area contributed by atoms with Crippen LogP contribution >= 0.6 is 0 Å². The summed E-state index contributed by atoms with van der Waals surface area (Å²) in [6.45, 7) is 5.87. The molecule has 0 N–H and O–H groups in total. The maximum absolute atomic E-state index is 12.5. The Kier molecular flexibility index (Phi) is 5.57. The molecule has 0 aromatic rings. The monoisotopic (exact) mass is 325 g/mol. The molecule has 1 amide bonds. The van der Waals surface area contributed by atoms with Gasteiger partial charge in [-0.2, -0.15) is 0 Å². The summed E-state index contributed by atoms with van der Waals surface area (Å²) in [5.74, 6) is 1.13. The molecule has 2 saturated heterocycles. The first-order valence-corrected chi connectivity index (χ1v) is 9.40. The largest absolute Gasteiger partial charge is 0.342 e. The van der Waals surface area contributed by atoms with Crippen molar-refractivity contribution in [3.8, 4) is 0 Å². The molecule has 23 heavy (non-hydrogen) atoms. The van der Waals surface area contributed by atoms with E-state index in [2.05, 4.69) is 21.7 Å². The number of nitrogens with zero attached hydrogens (tertiary/aromatic N) is 3. The number of carbonyl (C=O) groups excluding carboxylic acids is 1. The summed E-state index contributed by atoms with van der Waals surface area (Å²) in [4.78, 5) is 19.6. The van der Waals surface area contributed by atoms with Crippen LogP contribution in [0.15, 0.2) is 0 Å². The molecule has 132 valence electrons. The third kappa shape index (κ3) is 4.24. The molecule has 0 bridgehead atoms. The zero-order valence-corrected chi connectivity index (χ0v) is 14.6. The van der Waals surface area contributed by atoms with E-state index >= 15 is 0 Å². The lowest BCUT2D eigenvalue weighted by Gasteiger charge is -2.49. The van der Waals surface area contributed by atoms with Crippen molar-refractivity contribution in [2.75, 3.05) is 53.0 Å². The lowest BCUT2D eigenvalue weighted by molar-refractivity contribution is -0.131. The normalized spacial score (nSPS) is 30.9. The SMILES string of the molecule is CN1CCN(CCCCF)CC12CCC(=O)N(CC1CC1)CC2. The molecule has 0 radical (unpaired) electrons. The summed E-state index contributed by atoms with van der Waals surface area (Å²) < 4.78 is 12.3. The van der Waals surface area contributed by atoms with E-state index in [1.165, 1.54) is 12.8 Å². The van der Waals surface area contributed by atoms with Crippen LogP contribution in [0.1, 0.15) is 44.9 Å². The smallest absolute Gasteiger partial charge is 0.222 e. The van der Waals surface area contributed by atoms with E-state index in [4.69, 9.17) is 0 Å². The maximum atomic E-state index is 12.5. The Morgan fingerprint density at radius 1 is 1.17 bits per heavy atom. The predicted molar refractivity (Wildman–Crippen MR) is 90.2 cm³/mol. The topological polar surface area (TPSA) is 26.8 Å². The van der Waals surface area contributed by atoms with Crippen LogP contribution in [0, 0.1) is 5.92 Å². The lowest BCUT2D eigenvalue weighted by atomic mass is 9.86. The zero-order valence-electron chi connectivity index (χ0n) is 14.6. The van der Waals surface area contributed by atoms with Gasteiger partial charge in [0.1, 0.15) is 0 Å². The van der Waals surface area contributed by atoms with Gasteiger partial charge in [-0.3, -0.25) is 14.1 Å². The Labute approximate surface area is 140 Å². The molecule has 4 nitrogen and oxygen atoms in total. The van der Waals surface area contributed by atoms with Crippen molar-refractivity contribution in [3.63, 3.8) is 0 Å². The van der Waals surface area contributed by atoms with Crippen LogP contribution in [-0.4, -0.2) is 79.1 Å². The Morgan fingerprint density at radius 2 is 2.00 bits per heavy atom. The summed E-state index contributed by atoms with van der Waals surface area (Å²) in [6, 6.07) is 0. The van der Waals surface area contributed by atoms with Crippen LogP contribution in [0.5, 0.6) is 0 Å². The Hall–Kier alpha value is -0.680. The van der Waals surface area contributed by atoms with Gasteiger partial charge in [-0.25, -0.2) is 0 Å². The third-order valence-electron chi connectivity index (χ3n) is 6.12. The fraction of sp³-hybridized carbons (Fsp3) is 0.944. The highest BCUT2D eigenvalue weighted by atomic mass is 19.1. The highest BCUT2D eigenvalue weighted by Crippen LogP contribution is 2.35. The van der Waals surface area contributed by atoms with Gasteiger partial charge in [0, 0.05) is 44.7 Å². The zero-order chi connectivity index (χ0) is 16.3. The first kappa shape index (κ1) is 17.2. The van der Waals surface area contributed by atoms with Crippen molar-refractivity contribution in [1.82, 2.24) is 14.7 Å². The highest BCUT2D eigenvalue weighted by molar-refractivity contribution is 5.76. The molecule has 1 saturated carbocycles. The van der Waals surface area contributed by atoms with Crippen molar-refractivity contribution < 1.29 is 9.18 Å². The second kappa shape index (κ2) is 7.47. The van der Waals surface area contributed by atoms with Crippen LogP contribution in [0.25, 0.3) is 0 Å². The number of piperazine rings is 1. The van der Waals surface area contributed by atoms with Gasteiger partial charge in [0.25, 0.3) is 0 Å². The van der Waals surface area contributed by atoms with E-state index in [0.29, 0.717) is 18.7 Å². The number of carbonyl (C=O) groups is 1. The highest BCUT2D eigenvalue weighted by Gasteiger charge is 2.42. The molecule has 3 fully saturated rings. The van der Waals surface area contributed by atoms with Crippen LogP contribution < -0.4 is 0 Å². The number of unbranched alkanes of at least 4 members (excludes halogenated alkanes) is 1. The number of rotatable bonds is 6. The van der Waals surface area contributed by atoms with Gasteiger partial charge in [0.05, 0.1) is 6.67 Å². The average Bonchev–Trinajstić information content (AvgIpc) is 3.37. The van der Waals surface area contributed by atoms with E-state index in [1.54, 1.807) is 0 Å². The number of amides is 1. The van der Waals surface area contributed by atoms with Crippen LogP contribution in [0.2, 0.25) is 0 Å². The summed E-state index contributed by atoms with van der Waals surface area (Å²) in [5.41, 5.74) is 0.141. The van der Waals surface area contributed by atoms with Crippen molar-refractivity contribution in [1.29, 1.82) is 0 Å². The van der Waals surface area contributed by atoms with Crippen LogP contribution in [-0.2, 0) is 4.79 Å². The molecular formula is C18H32FN3O. The van der Waals surface area contributed by atoms with Crippen LogP contribution in [0.3, 0.4) is 0 Å². The molecule has 1 unspecified atom stereocenters. The van der Waals surface area contributed by atoms with Gasteiger partial charge < -0.3 is 9.80 Å². The van der Waals surface area contributed by atoms with E-state index in [1.807, 2.05) is 0 Å². The van der Waals surface area contributed by atoms with E-state index in [-0.39, 0.29) is 12.2 Å². The third-order valence-corrected chi connectivity index (χ3v) is 6.12. The van der Waals surface area contributed by atoms with Crippen LogP contribution in [0.4, 0.5) is 4.39 Å². The summed E-state index contributed by atoms with van der Waals surface area (Å²) >= 11 is 0. The summed E-state index contributed by atoms with van der Waals surface area (Å²) in [6.07, 6.45) is 6.98. The minimum absolute atomic E-state index is 0.141. The van der Waals surface area contributed by atoms with Gasteiger partial charge in [0.2, 0.25) is 5.91 Å². The molecule has 2 aliphatic heterocycles. The Morgan fingerprint density at radius 3 is 2.74 bits per heavy atom. The first-order valence-electron chi connectivity index (χ1n) is 9.40. The van der Waals surface area contributed by atoms with Gasteiger partial charge in [-0.1, -0.05) is 0 Å². The molecule has 1 atom stereocenters. The van der Waals surface area contributed by atoms with E-state index < -0.39 is 0 Å². The molecule has 3 aliphatic rings. The standard InChI is InChI=1S/C18H32FN3O/c1-20-12-13-21(10-3-2-9-19)15-18(20)7-6-17(23)22(11-8-18)14-16-4-5-16/h16H,2-15H2,1H3. The molecule has 3 rings (SSSR count). The van der Waals surface area contributed by atoms with E-state index in [9.17, 15) is 9.18 Å². The quantitative estimate of drug-likeness (QED) is 0.700. The molecule has 0 aromatic heterocycles. The van der Waals surface area contributed by atoms with Gasteiger partial charge in [-0.05, 0) is 58.0 Å². The number of hydrogen-bond donors (Lipinski definition) is 0. The predicted octanol–water partition coefficient (Wildman–Crippen LogP) is 2.14. The van der Waals surface area contributed by atoms with Gasteiger partial charge >= 0.3 is 0 Å². The van der Waals surface area contributed by atoms with Gasteiger partial charge in [0.15, 0.2) is 0 Å². The number of halogens is 1. The number of likely N-dealkylation sites (N-methyl/N-ethyl adjacent to an activating group) is 1. The Bertz CT molecular complexity index is 415. The van der Waals surface area contributed by atoms with Crippen molar-refractivity contribution >= 4 is 5.91 Å². The number of alkyl halides is 1. The van der Waals surface area contributed by atoms with Crippen molar-refractivity contribution in [2.45, 2.75) is 50.5 Å². The number of hydrogen-bond acceptors (Lipinski definition) is 3. The van der Waals surface area contributed by atoms with Gasteiger partial charge in [-0.15, -0.1) is 0 Å². The maximum Gasteiger partial charge on any atom is 0.222 e. The summed E-state index contributed by atoms with van der Waals surface area (Å²) in [5, 5.41) is 0. The van der Waals surface area contributed by atoms with Crippen molar-refractivity contribution in [3.05, 3.63) is 0 Å². The second-order valence-corrected chi connectivity index (χ2v) is 7.85. The molecule has 1 aliphatic carbocycles. The molecule has 0 aromatic carbocycles. The van der Waals surface area contributed by atoms with E-state index in [0.717, 1.165) is 64.4 Å². The summed E-state index contributed by atoms with van der Waals surface area (Å²) in [7, 11) is 2.22. The minimum Gasteiger partial charge on any atom is -0.342 e. The molecule has 2 heterocycles. The second-order valence-electron chi connectivity index (χ2n) is 7.85. The minimum atomic E-state index is -0.205. The van der Waals surface area contributed by atoms with Crippen molar-refractivity contribution in [2.24, 2.45) is 5.92 Å².